The SMILES string of the molecule is COc1cccc(CNC(=O)COC(=O)/C=C/c2c(C)nn(-c3ccc(F)cc3)c2Cl)c1. The minimum atomic E-state index is -0.702. The molecule has 0 saturated heterocycles. The summed E-state index contributed by atoms with van der Waals surface area (Å²) in [5.41, 5.74) is 2.51. The molecule has 0 spiro atoms. The van der Waals surface area contributed by atoms with Crippen molar-refractivity contribution in [2.24, 2.45) is 0 Å². The molecular formula is C23H21ClFN3O4. The lowest BCUT2D eigenvalue weighted by atomic mass is 10.2. The first kappa shape index (κ1) is 23.0. The molecule has 0 aliphatic carbocycles. The van der Waals surface area contributed by atoms with Gasteiger partial charge in [0.15, 0.2) is 6.61 Å². The first-order valence-corrected chi connectivity index (χ1v) is 10.0. The van der Waals surface area contributed by atoms with Crippen LogP contribution in [0.2, 0.25) is 5.15 Å². The standard InChI is InChI=1S/C23H21ClFN3O4/c1-15-20(23(24)28(27-15)18-8-6-17(25)7-9-18)10-11-22(30)32-14-21(29)26-13-16-4-3-5-19(12-16)31-2/h3-12H,13-14H2,1-2H3,(H,26,29)/b11-10+. The summed E-state index contributed by atoms with van der Waals surface area (Å²) in [4.78, 5) is 23.9. The molecular weight excluding hydrogens is 437 g/mol. The molecule has 9 heteroatoms. The quantitative estimate of drug-likeness (QED) is 0.410. The summed E-state index contributed by atoms with van der Waals surface area (Å²) in [5, 5.41) is 7.24. The van der Waals surface area contributed by atoms with Crippen molar-refractivity contribution < 1.29 is 23.5 Å². The highest BCUT2D eigenvalue weighted by Gasteiger charge is 2.13. The monoisotopic (exact) mass is 457 g/mol. The largest absolute Gasteiger partial charge is 0.497 e. The third kappa shape index (κ3) is 5.95. The highest BCUT2D eigenvalue weighted by molar-refractivity contribution is 6.31. The zero-order valence-electron chi connectivity index (χ0n) is 17.5. The number of aryl methyl sites for hydroxylation is 1. The molecule has 166 valence electrons. The average molecular weight is 458 g/mol. The Bertz CT molecular complexity index is 1140. The van der Waals surface area contributed by atoms with E-state index in [1.54, 1.807) is 38.3 Å². The predicted octanol–water partition coefficient (Wildman–Crippen LogP) is 3.85. The molecule has 1 amide bonds. The van der Waals surface area contributed by atoms with Gasteiger partial charge in [-0.05, 0) is 55.0 Å². The van der Waals surface area contributed by atoms with Crippen molar-refractivity contribution in [1.29, 1.82) is 0 Å². The maximum atomic E-state index is 13.1. The van der Waals surface area contributed by atoms with Crippen LogP contribution in [-0.4, -0.2) is 35.4 Å². The van der Waals surface area contributed by atoms with Gasteiger partial charge >= 0.3 is 5.97 Å². The number of nitrogens with zero attached hydrogens (tertiary/aromatic N) is 2. The van der Waals surface area contributed by atoms with Crippen LogP contribution in [0.1, 0.15) is 16.8 Å². The predicted molar refractivity (Wildman–Crippen MR) is 118 cm³/mol. The van der Waals surface area contributed by atoms with Gasteiger partial charge in [-0.25, -0.2) is 13.9 Å². The molecule has 0 aliphatic rings. The molecule has 0 fully saturated rings. The fraction of sp³-hybridized carbons (Fsp3) is 0.174. The number of hydrogen-bond donors (Lipinski definition) is 1. The molecule has 32 heavy (non-hydrogen) atoms. The van der Waals surface area contributed by atoms with Crippen LogP contribution in [-0.2, 0) is 20.9 Å². The number of nitrogens with one attached hydrogen (secondary N) is 1. The molecule has 0 aliphatic heterocycles. The summed E-state index contributed by atoms with van der Waals surface area (Å²) in [6.07, 6.45) is 2.63. The van der Waals surface area contributed by atoms with Gasteiger partial charge in [-0.15, -0.1) is 0 Å². The van der Waals surface area contributed by atoms with Crippen molar-refractivity contribution in [1.82, 2.24) is 15.1 Å². The minimum Gasteiger partial charge on any atom is -0.497 e. The number of ether oxygens (including phenoxy) is 2. The van der Waals surface area contributed by atoms with Gasteiger partial charge in [0.25, 0.3) is 5.91 Å². The van der Waals surface area contributed by atoms with E-state index in [-0.39, 0.29) is 17.5 Å². The Balaban J connectivity index is 1.54. The fourth-order valence-electron chi connectivity index (χ4n) is 2.82. The first-order valence-electron chi connectivity index (χ1n) is 9.63. The van der Waals surface area contributed by atoms with Crippen LogP contribution in [0.4, 0.5) is 4.39 Å². The topological polar surface area (TPSA) is 82.4 Å². The average Bonchev–Trinajstić information content (AvgIpc) is 3.08. The van der Waals surface area contributed by atoms with Crippen LogP contribution in [0.3, 0.4) is 0 Å². The Morgan fingerprint density at radius 3 is 2.69 bits per heavy atom. The highest BCUT2D eigenvalue weighted by Crippen LogP contribution is 2.24. The summed E-state index contributed by atoms with van der Waals surface area (Å²) < 4.78 is 24.7. The van der Waals surface area contributed by atoms with Crippen LogP contribution < -0.4 is 10.1 Å². The maximum absolute atomic E-state index is 13.1. The zero-order valence-corrected chi connectivity index (χ0v) is 18.2. The lowest BCUT2D eigenvalue weighted by Crippen LogP contribution is -2.28. The second-order valence-electron chi connectivity index (χ2n) is 6.75. The number of methoxy groups -OCH3 is 1. The number of carbonyl (C=O) groups is 2. The Labute approximate surface area is 189 Å². The van der Waals surface area contributed by atoms with E-state index < -0.39 is 18.5 Å². The molecule has 1 aromatic heterocycles. The smallest absolute Gasteiger partial charge is 0.331 e. The number of esters is 1. The Hall–Kier alpha value is -3.65. The second-order valence-corrected chi connectivity index (χ2v) is 7.11. The summed E-state index contributed by atoms with van der Waals surface area (Å²) in [6, 6.07) is 12.9. The normalized spacial score (nSPS) is 10.9. The van der Waals surface area contributed by atoms with Gasteiger partial charge in [-0.2, -0.15) is 5.10 Å². The zero-order chi connectivity index (χ0) is 23.1. The van der Waals surface area contributed by atoms with Gasteiger partial charge in [0.05, 0.1) is 18.5 Å². The van der Waals surface area contributed by atoms with Gasteiger partial charge in [0, 0.05) is 18.2 Å². The molecule has 0 bridgehead atoms. The van der Waals surface area contributed by atoms with Gasteiger partial charge in [-0.3, -0.25) is 4.79 Å². The molecule has 0 radical (unpaired) electrons. The van der Waals surface area contributed by atoms with E-state index in [1.165, 1.54) is 29.0 Å². The van der Waals surface area contributed by atoms with Crippen LogP contribution in [0.15, 0.2) is 54.6 Å². The number of halogens is 2. The summed E-state index contributed by atoms with van der Waals surface area (Å²) in [6.45, 7) is 1.58. The van der Waals surface area contributed by atoms with Crippen molar-refractivity contribution in [3.8, 4) is 11.4 Å². The summed E-state index contributed by atoms with van der Waals surface area (Å²) in [7, 11) is 1.56. The molecule has 1 N–H and O–H groups in total. The lowest BCUT2D eigenvalue weighted by Gasteiger charge is -2.07. The van der Waals surface area contributed by atoms with E-state index in [0.717, 1.165) is 5.56 Å². The van der Waals surface area contributed by atoms with Crippen molar-refractivity contribution in [2.75, 3.05) is 13.7 Å². The van der Waals surface area contributed by atoms with Crippen LogP contribution in [0, 0.1) is 12.7 Å². The van der Waals surface area contributed by atoms with Gasteiger partial charge in [0.2, 0.25) is 0 Å². The van der Waals surface area contributed by atoms with E-state index in [2.05, 4.69) is 10.4 Å². The van der Waals surface area contributed by atoms with Crippen LogP contribution in [0.25, 0.3) is 11.8 Å². The lowest BCUT2D eigenvalue weighted by molar-refractivity contribution is -0.143. The fourth-order valence-corrected chi connectivity index (χ4v) is 3.16. The number of amides is 1. The summed E-state index contributed by atoms with van der Waals surface area (Å²) in [5.74, 6) is -0.825. The number of hydrogen-bond acceptors (Lipinski definition) is 5. The Kier molecular flexibility index (Phi) is 7.62. The molecule has 0 saturated carbocycles. The number of benzene rings is 2. The molecule has 0 unspecified atom stereocenters. The number of rotatable bonds is 8. The minimum absolute atomic E-state index is 0.259. The first-order chi connectivity index (χ1) is 15.4. The Morgan fingerprint density at radius 2 is 1.97 bits per heavy atom. The maximum Gasteiger partial charge on any atom is 0.331 e. The van der Waals surface area contributed by atoms with E-state index >= 15 is 0 Å². The number of carbonyl (C=O) groups excluding carboxylic acids is 2. The molecule has 2 aromatic carbocycles. The highest BCUT2D eigenvalue weighted by atomic mass is 35.5. The molecule has 1 heterocycles. The van der Waals surface area contributed by atoms with E-state index in [4.69, 9.17) is 21.1 Å². The molecule has 7 nitrogen and oxygen atoms in total. The third-order valence-electron chi connectivity index (χ3n) is 4.47. The van der Waals surface area contributed by atoms with Crippen molar-refractivity contribution in [2.45, 2.75) is 13.5 Å². The van der Waals surface area contributed by atoms with Gasteiger partial charge in [-0.1, -0.05) is 23.7 Å². The summed E-state index contributed by atoms with van der Waals surface area (Å²) >= 11 is 6.37. The van der Waals surface area contributed by atoms with E-state index in [9.17, 15) is 14.0 Å². The molecule has 3 aromatic rings. The van der Waals surface area contributed by atoms with Crippen molar-refractivity contribution >= 4 is 29.6 Å². The van der Waals surface area contributed by atoms with Crippen LogP contribution in [0.5, 0.6) is 5.75 Å². The third-order valence-corrected chi connectivity index (χ3v) is 4.84. The number of aromatic nitrogens is 2. The van der Waals surface area contributed by atoms with Gasteiger partial charge < -0.3 is 14.8 Å². The van der Waals surface area contributed by atoms with Crippen LogP contribution >= 0.6 is 11.6 Å². The van der Waals surface area contributed by atoms with Crippen molar-refractivity contribution in [3.63, 3.8) is 0 Å². The Morgan fingerprint density at radius 1 is 1.22 bits per heavy atom. The molecule has 3 rings (SSSR count). The van der Waals surface area contributed by atoms with E-state index in [0.29, 0.717) is 22.7 Å². The van der Waals surface area contributed by atoms with Crippen molar-refractivity contribution in [3.05, 3.63) is 82.4 Å². The van der Waals surface area contributed by atoms with E-state index in [1.807, 2.05) is 12.1 Å². The second kappa shape index (κ2) is 10.6. The van der Waals surface area contributed by atoms with Gasteiger partial charge in [0.1, 0.15) is 16.7 Å². The molecule has 0 atom stereocenters.